The minimum atomic E-state index is -1.11. The van der Waals surface area contributed by atoms with Gasteiger partial charge in [-0.05, 0) is 37.5 Å². The lowest BCUT2D eigenvalue weighted by molar-refractivity contribution is -0.148. The van der Waals surface area contributed by atoms with Crippen molar-refractivity contribution in [3.05, 3.63) is 65.9 Å². The number of hydrogen-bond acceptors (Lipinski definition) is 7. The van der Waals surface area contributed by atoms with Crippen LogP contribution in [0.1, 0.15) is 36.9 Å². The lowest BCUT2D eigenvalue weighted by atomic mass is 9.96. The highest BCUT2D eigenvalue weighted by atomic mass is 16.5. The molecule has 34 heavy (non-hydrogen) atoms. The van der Waals surface area contributed by atoms with Crippen molar-refractivity contribution in [1.29, 1.82) is 5.26 Å². The van der Waals surface area contributed by atoms with Crippen molar-refractivity contribution in [2.24, 2.45) is 5.92 Å². The summed E-state index contributed by atoms with van der Waals surface area (Å²) in [6, 6.07) is 19.1. The Morgan fingerprint density at radius 3 is 2.38 bits per heavy atom. The zero-order valence-electron chi connectivity index (χ0n) is 19.1. The molecule has 1 atom stereocenters. The van der Waals surface area contributed by atoms with Gasteiger partial charge in [0, 0.05) is 19.6 Å². The maximum Gasteiger partial charge on any atom is 0.309 e. The summed E-state index contributed by atoms with van der Waals surface area (Å²) in [5, 5.41) is 12.8. The van der Waals surface area contributed by atoms with E-state index >= 15 is 0 Å². The largest absolute Gasteiger partial charge is 0.466 e. The van der Waals surface area contributed by atoms with Crippen LogP contribution in [0.3, 0.4) is 0 Å². The SMILES string of the molecule is CCOC(=O)C1CCN(c2nc3ccccc3nc2[C@@H](C#N)C(=O)NCc2ccccc2)CC1. The van der Waals surface area contributed by atoms with E-state index in [9.17, 15) is 14.9 Å². The average molecular weight is 458 g/mol. The van der Waals surface area contributed by atoms with Gasteiger partial charge in [-0.2, -0.15) is 5.26 Å². The van der Waals surface area contributed by atoms with E-state index < -0.39 is 11.8 Å². The standard InChI is InChI=1S/C26H27N5O3/c1-2-34-26(33)19-12-14-31(15-13-19)24-23(29-21-10-6-7-11-22(21)30-24)20(16-27)25(32)28-17-18-8-4-3-5-9-18/h3-11,19-20H,2,12-15,17H2,1H3,(H,28,32)/t20-/m1/s1. The van der Waals surface area contributed by atoms with E-state index in [2.05, 4.69) is 11.4 Å². The van der Waals surface area contributed by atoms with Crippen LogP contribution in [0.25, 0.3) is 11.0 Å². The Kier molecular flexibility index (Phi) is 7.33. The lowest BCUT2D eigenvalue weighted by Gasteiger charge is -2.33. The quantitative estimate of drug-likeness (QED) is 0.542. The monoisotopic (exact) mass is 457 g/mol. The van der Waals surface area contributed by atoms with Gasteiger partial charge in [0.1, 0.15) is 5.69 Å². The van der Waals surface area contributed by atoms with Gasteiger partial charge in [0.25, 0.3) is 0 Å². The van der Waals surface area contributed by atoms with Crippen molar-refractivity contribution in [3.63, 3.8) is 0 Å². The third-order valence-corrected chi connectivity index (χ3v) is 5.97. The van der Waals surface area contributed by atoms with Crippen LogP contribution < -0.4 is 10.2 Å². The fraction of sp³-hybridized carbons (Fsp3) is 0.346. The molecule has 1 saturated heterocycles. The summed E-state index contributed by atoms with van der Waals surface area (Å²) in [6.07, 6.45) is 1.23. The van der Waals surface area contributed by atoms with E-state index in [1.165, 1.54) is 0 Å². The summed E-state index contributed by atoms with van der Waals surface area (Å²) < 4.78 is 5.17. The summed E-state index contributed by atoms with van der Waals surface area (Å²) in [5.41, 5.74) is 2.59. The van der Waals surface area contributed by atoms with Gasteiger partial charge in [0.15, 0.2) is 11.7 Å². The second-order valence-corrected chi connectivity index (χ2v) is 8.20. The number of rotatable bonds is 7. The summed E-state index contributed by atoms with van der Waals surface area (Å²) in [7, 11) is 0. The van der Waals surface area contributed by atoms with Crippen LogP contribution in [-0.4, -0.2) is 41.5 Å². The molecule has 0 aliphatic carbocycles. The third kappa shape index (κ3) is 5.15. The highest BCUT2D eigenvalue weighted by Crippen LogP contribution is 2.30. The van der Waals surface area contributed by atoms with Crippen molar-refractivity contribution >= 4 is 28.7 Å². The number of ether oxygens (including phenoxy) is 1. The van der Waals surface area contributed by atoms with E-state index in [1.54, 1.807) is 6.92 Å². The van der Waals surface area contributed by atoms with E-state index in [-0.39, 0.29) is 11.9 Å². The van der Waals surface area contributed by atoms with Crippen molar-refractivity contribution in [1.82, 2.24) is 15.3 Å². The van der Waals surface area contributed by atoms with Crippen LogP contribution in [0.4, 0.5) is 5.82 Å². The fourth-order valence-corrected chi connectivity index (χ4v) is 4.15. The number of anilines is 1. The Bertz CT molecular complexity index is 1200. The molecule has 1 aliphatic heterocycles. The van der Waals surface area contributed by atoms with Gasteiger partial charge in [-0.15, -0.1) is 0 Å². The molecule has 174 valence electrons. The van der Waals surface area contributed by atoms with Gasteiger partial charge in [-0.1, -0.05) is 42.5 Å². The number of carbonyl (C=O) groups is 2. The van der Waals surface area contributed by atoms with Crippen LogP contribution in [-0.2, 0) is 20.9 Å². The molecule has 1 fully saturated rings. The summed E-state index contributed by atoms with van der Waals surface area (Å²) >= 11 is 0. The molecule has 0 radical (unpaired) electrons. The fourth-order valence-electron chi connectivity index (χ4n) is 4.15. The molecule has 1 aromatic heterocycles. The number of nitriles is 1. The molecule has 8 nitrogen and oxygen atoms in total. The zero-order chi connectivity index (χ0) is 23.9. The van der Waals surface area contributed by atoms with Gasteiger partial charge in [-0.3, -0.25) is 9.59 Å². The van der Waals surface area contributed by atoms with Crippen LogP contribution in [0.5, 0.6) is 0 Å². The molecule has 0 saturated carbocycles. The first-order valence-corrected chi connectivity index (χ1v) is 11.5. The zero-order valence-corrected chi connectivity index (χ0v) is 19.1. The van der Waals surface area contributed by atoms with Crippen molar-refractivity contribution in [2.45, 2.75) is 32.2 Å². The number of benzene rings is 2. The third-order valence-electron chi connectivity index (χ3n) is 5.97. The topological polar surface area (TPSA) is 108 Å². The van der Waals surface area contributed by atoms with E-state index in [1.807, 2.05) is 59.5 Å². The first kappa shape index (κ1) is 23.2. The van der Waals surface area contributed by atoms with Crippen LogP contribution in [0.2, 0.25) is 0 Å². The first-order chi connectivity index (χ1) is 16.6. The van der Waals surface area contributed by atoms with Gasteiger partial charge in [-0.25, -0.2) is 9.97 Å². The number of amides is 1. The first-order valence-electron chi connectivity index (χ1n) is 11.5. The van der Waals surface area contributed by atoms with Crippen molar-refractivity contribution in [3.8, 4) is 6.07 Å². The Morgan fingerprint density at radius 1 is 1.09 bits per heavy atom. The van der Waals surface area contributed by atoms with Gasteiger partial charge in [0.05, 0.1) is 29.6 Å². The Morgan fingerprint density at radius 2 is 1.74 bits per heavy atom. The molecule has 0 bridgehead atoms. The highest BCUT2D eigenvalue weighted by Gasteiger charge is 2.32. The van der Waals surface area contributed by atoms with Crippen LogP contribution >= 0.6 is 0 Å². The summed E-state index contributed by atoms with van der Waals surface area (Å²) in [5.74, 6) is -1.35. The number of para-hydroxylation sites is 2. The Balaban J connectivity index is 1.60. The van der Waals surface area contributed by atoms with Gasteiger partial charge >= 0.3 is 5.97 Å². The normalized spacial score (nSPS) is 14.9. The number of carbonyl (C=O) groups excluding carboxylic acids is 2. The van der Waals surface area contributed by atoms with Crippen LogP contribution in [0, 0.1) is 17.2 Å². The Hall–Kier alpha value is -3.99. The number of nitrogens with one attached hydrogen (secondary N) is 1. The molecule has 1 aliphatic rings. The molecule has 4 rings (SSSR count). The predicted octanol–water partition coefficient (Wildman–Crippen LogP) is 3.33. The van der Waals surface area contributed by atoms with E-state index in [0.29, 0.717) is 61.6 Å². The van der Waals surface area contributed by atoms with Gasteiger partial charge < -0.3 is 15.0 Å². The molecule has 1 amide bonds. The Labute approximate surface area is 198 Å². The molecule has 0 unspecified atom stereocenters. The smallest absolute Gasteiger partial charge is 0.309 e. The number of piperidine rings is 1. The molecule has 2 heterocycles. The summed E-state index contributed by atoms with van der Waals surface area (Å²) in [4.78, 5) is 36.7. The maximum absolute atomic E-state index is 13.1. The number of fused-ring (bicyclic) bond motifs is 1. The molecule has 0 spiro atoms. The number of hydrogen-bond donors (Lipinski definition) is 1. The van der Waals surface area contributed by atoms with Crippen molar-refractivity contribution < 1.29 is 14.3 Å². The number of nitrogens with zero attached hydrogens (tertiary/aromatic N) is 4. The molecule has 3 aromatic rings. The second-order valence-electron chi connectivity index (χ2n) is 8.20. The molecular formula is C26H27N5O3. The van der Waals surface area contributed by atoms with Crippen LogP contribution in [0.15, 0.2) is 54.6 Å². The molecule has 2 aromatic carbocycles. The molecule has 8 heteroatoms. The minimum Gasteiger partial charge on any atom is -0.466 e. The van der Waals surface area contributed by atoms with E-state index in [0.717, 1.165) is 5.56 Å². The van der Waals surface area contributed by atoms with Crippen molar-refractivity contribution in [2.75, 3.05) is 24.6 Å². The number of aromatic nitrogens is 2. The van der Waals surface area contributed by atoms with E-state index in [4.69, 9.17) is 14.7 Å². The minimum absolute atomic E-state index is 0.158. The predicted molar refractivity (Wildman–Crippen MR) is 128 cm³/mol. The second kappa shape index (κ2) is 10.8. The number of esters is 1. The maximum atomic E-state index is 13.1. The molecule has 1 N–H and O–H groups in total. The summed E-state index contributed by atoms with van der Waals surface area (Å²) in [6.45, 7) is 3.61. The van der Waals surface area contributed by atoms with Gasteiger partial charge in [0.2, 0.25) is 5.91 Å². The lowest BCUT2D eigenvalue weighted by Crippen LogP contribution is -2.39. The average Bonchev–Trinajstić information content (AvgIpc) is 2.88. The highest BCUT2D eigenvalue weighted by molar-refractivity contribution is 5.89. The molecular weight excluding hydrogens is 430 g/mol.